The molecule has 2 rings (SSSR count). The zero-order valence-corrected chi connectivity index (χ0v) is 13.0. The molecular weight excluding hydrogens is 252 g/mol. The molecular formula is C16H26N2S. The molecule has 2 heterocycles. The molecule has 0 amide bonds. The maximum absolute atomic E-state index is 3.71. The maximum Gasteiger partial charge on any atom is 0.0165 e. The molecule has 0 saturated carbocycles. The Hall–Kier alpha value is -0.640. The van der Waals surface area contributed by atoms with Gasteiger partial charge in [0.05, 0.1) is 0 Å². The lowest BCUT2D eigenvalue weighted by Crippen LogP contribution is -2.43. The van der Waals surface area contributed by atoms with Crippen molar-refractivity contribution in [1.29, 1.82) is 0 Å². The van der Waals surface area contributed by atoms with E-state index in [0.29, 0.717) is 0 Å². The summed E-state index contributed by atoms with van der Waals surface area (Å²) in [5.74, 6) is 0. The summed E-state index contributed by atoms with van der Waals surface area (Å²) >= 11 is 1.86. The Morgan fingerprint density at radius 2 is 2.21 bits per heavy atom. The van der Waals surface area contributed by atoms with Crippen LogP contribution < -0.4 is 5.32 Å². The van der Waals surface area contributed by atoms with Crippen molar-refractivity contribution in [2.24, 2.45) is 0 Å². The average Bonchev–Trinajstić information content (AvgIpc) is 2.91. The summed E-state index contributed by atoms with van der Waals surface area (Å²) in [5.41, 5.74) is 1.43. The van der Waals surface area contributed by atoms with E-state index in [1.54, 1.807) is 0 Å². The number of nitrogens with one attached hydrogen (secondary N) is 1. The Morgan fingerprint density at radius 1 is 1.42 bits per heavy atom. The smallest absolute Gasteiger partial charge is 0.0165 e. The highest BCUT2D eigenvalue weighted by molar-refractivity contribution is 7.09. The predicted octanol–water partition coefficient (Wildman–Crippen LogP) is 3.31. The van der Waals surface area contributed by atoms with E-state index in [1.807, 2.05) is 11.3 Å². The highest BCUT2D eigenvalue weighted by Gasteiger charge is 2.17. The number of hydrogen-bond acceptors (Lipinski definition) is 3. The number of thiophene rings is 1. The van der Waals surface area contributed by atoms with Gasteiger partial charge >= 0.3 is 0 Å². The number of piperidine rings is 1. The van der Waals surface area contributed by atoms with E-state index in [-0.39, 0.29) is 0 Å². The monoisotopic (exact) mass is 278 g/mol. The molecule has 1 saturated heterocycles. The molecule has 1 aromatic heterocycles. The van der Waals surface area contributed by atoms with Crippen LogP contribution in [0.4, 0.5) is 0 Å². The molecule has 0 atom stereocenters. The van der Waals surface area contributed by atoms with Crippen molar-refractivity contribution in [2.75, 3.05) is 26.2 Å². The van der Waals surface area contributed by atoms with Gasteiger partial charge in [-0.25, -0.2) is 0 Å². The Labute approximate surface area is 121 Å². The van der Waals surface area contributed by atoms with Gasteiger partial charge in [-0.3, -0.25) is 4.90 Å². The molecule has 3 heteroatoms. The van der Waals surface area contributed by atoms with Crippen molar-refractivity contribution < 1.29 is 0 Å². The molecule has 106 valence electrons. The second-order valence-corrected chi connectivity index (χ2v) is 6.67. The SMILES string of the molecule is CC(C)=CCN1CCC(NCCc2cccs2)CC1. The minimum absolute atomic E-state index is 0.725. The Bertz CT molecular complexity index is 371. The number of nitrogens with zero attached hydrogens (tertiary/aromatic N) is 1. The van der Waals surface area contributed by atoms with E-state index >= 15 is 0 Å². The summed E-state index contributed by atoms with van der Waals surface area (Å²) in [6.45, 7) is 9.09. The zero-order chi connectivity index (χ0) is 13.5. The highest BCUT2D eigenvalue weighted by atomic mass is 32.1. The third-order valence-electron chi connectivity index (χ3n) is 3.73. The third kappa shape index (κ3) is 5.47. The van der Waals surface area contributed by atoms with Gasteiger partial charge in [-0.05, 0) is 57.6 Å². The van der Waals surface area contributed by atoms with Crippen LogP contribution in [0, 0.1) is 0 Å². The van der Waals surface area contributed by atoms with Crippen LogP contribution in [0.25, 0.3) is 0 Å². The van der Waals surface area contributed by atoms with Crippen LogP contribution in [-0.2, 0) is 6.42 Å². The summed E-state index contributed by atoms with van der Waals surface area (Å²) in [5, 5.41) is 5.87. The Morgan fingerprint density at radius 3 is 2.84 bits per heavy atom. The van der Waals surface area contributed by atoms with Gasteiger partial charge in [0, 0.05) is 24.0 Å². The molecule has 2 nitrogen and oxygen atoms in total. The van der Waals surface area contributed by atoms with Crippen molar-refractivity contribution in [3.63, 3.8) is 0 Å². The second-order valence-electron chi connectivity index (χ2n) is 5.64. The third-order valence-corrected chi connectivity index (χ3v) is 4.67. The van der Waals surface area contributed by atoms with Gasteiger partial charge in [-0.2, -0.15) is 0 Å². The van der Waals surface area contributed by atoms with Crippen molar-refractivity contribution in [1.82, 2.24) is 10.2 Å². The van der Waals surface area contributed by atoms with Gasteiger partial charge in [0.1, 0.15) is 0 Å². The van der Waals surface area contributed by atoms with E-state index in [1.165, 1.54) is 42.8 Å². The topological polar surface area (TPSA) is 15.3 Å². The predicted molar refractivity (Wildman–Crippen MR) is 84.9 cm³/mol. The second kappa shape index (κ2) is 7.83. The first-order valence-electron chi connectivity index (χ1n) is 7.35. The molecule has 1 aliphatic rings. The van der Waals surface area contributed by atoms with E-state index < -0.39 is 0 Å². The van der Waals surface area contributed by atoms with E-state index in [2.05, 4.69) is 47.7 Å². The van der Waals surface area contributed by atoms with Crippen LogP contribution in [0.15, 0.2) is 29.2 Å². The first-order chi connectivity index (χ1) is 9.24. The van der Waals surface area contributed by atoms with Crippen LogP contribution in [0.5, 0.6) is 0 Å². The van der Waals surface area contributed by atoms with Gasteiger partial charge in [-0.15, -0.1) is 11.3 Å². The molecule has 0 aromatic carbocycles. The van der Waals surface area contributed by atoms with Gasteiger partial charge < -0.3 is 5.32 Å². The molecule has 0 radical (unpaired) electrons. The normalized spacial score (nSPS) is 17.6. The fourth-order valence-corrected chi connectivity index (χ4v) is 3.19. The van der Waals surface area contributed by atoms with Crippen molar-refractivity contribution in [3.8, 4) is 0 Å². The number of rotatable bonds is 6. The first kappa shape index (κ1) is 14.8. The summed E-state index contributed by atoms with van der Waals surface area (Å²) < 4.78 is 0. The molecule has 0 bridgehead atoms. The van der Waals surface area contributed by atoms with Crippen molar-refractivity contribution in [3.05, 3.63) is 34.0 Å². The molecule has 0 spiro atoms. The molecule has 0 unspecified atom stereocenters. The maximum atomic E-state index is 3.71. The fraction of sp³-hybridized carbons (Fsp3) is 0.625. The van der Waals surface area contributed by atoms with Crippen molar-refractivity contribution in [2.45, 2.75) is 39.2 Å². The van der Waals surface area contributed by atoms with Crippen LogP contribution >= 0.6 is 11.3 Å². The van der Waals surface area contributed by atoms with Crippen LogP contribution in [-0.4, -0.2) is 37.1 Å². The highest BCUT2D eigenvalue weighted by Crippen LogP contribution is 2.12. The Balaban J connectivity index is 1.59. The summed E-state index contributed by atoms with van der Waals surface area (Å²) in [4.78, 5) is 4.05. The summed E-state index contributed by atoms with van der Waals surface area (Å²) in [6.07, 6.45) is 6.10. The van der Waals surface area contributed by atoms with E-state index in [0.717, 1.165) is 19.1 Å². The number of hydrogen-bond donors (Lipinski definition) is 1. The Kier molecular flexibility index (Phi) is 6.08. The van der Waals surface area contributed by atoms with Crippen LogP contribution in [0.3, 0.4) is 0 Å². The molecule has 1 aromatic rings. The van der Waals surface area contributed by atoms with Gasteiger partial charge in [-0.1, -0.05) is 17.7 Å². The van der Waals surface area contributed by atoms with Crippen LogP contribution in [0.1, 0.15) is 31.6 Å². The van der Waals surface area contributed by atoms with Gasteiger partial charge in [0.15, 0.2) is 0 Å². The molecule has 1 fully saturated rings. The summed E-state index contributed by atoms with van der Waals surface area (Å²) in [7, 11) is 0. The zero-order valence-electron chi connectivity index (χ0n) is 12.2. The minimum atomic E-state index is 0.725. The first-order valence-corrected chi connectivity index (χ1v) is 8.23. The average molecular weight is 278 g/mol. The lowest BCUT2D eigenvalue weighted by Gasteiger charge is -2.31. The largest absolute Gasteiger partial charge is 0.314 e. The van der Waals surface area contributed by atoms with Gasteiger partial charge in [0.2, 0.25) is 0 Å². The van der Waals surface area contributed by atoms with E-state index in [9.17, 15) is 0 Å². The molecule has 1 aliphatic heterocycles. The minimum Gasteiger partial charge on any atom is -0.314 e. The standard InChI is InChI=1S/C16H26N2S/c1-14(2)6-10-18-11-7-15(8-12-18)17-9-5-16-4-3-13-19-16/h3-4,6,13,15,17H,5,7-12H2,1-2H3. The fourth-order valence-electron chi connectivity index (χ4n) is 2.49. The lowest BCUT2D eigenvalue weighted by molar-refractivity contribution is 0.215. The van der Waals surface area contributed by atoms with Crippen molar-refractivity contribution >= 4 is 11.3 Å². The quantitative estimate of drug-likeness (QED) is 0.803. The lowest BCUT2D eigenvalue weighted by atomic mass is 10.0. The molecule has 1 N–H and O–H groups in total. The number of likely N-dealkylation sites (tertiary alicyclic amines) is 1. The molecule has 19 heavy (non-hydrogen) atoms. The van der Waals surface area contributed by atoms with Crippen LogP contribution in [0.2, 0.25) is 0 Å². The molecule has 0 aliphatic carbocycles. The summed E-state index contributed by atoms with van der Waals surface area (Å²) in [6, 6.07) is 5.10. The van der Waals surface area contributed by atoms with E-state index in [4.69, 9.17) is 0 Å². The number of allylic oxidation sites excluding steroid dienone is 1. The van der Waals surface area contributed by atoms with Gasteiger partial charge in [0.25, 0.3) is 0 Å².